The minimum absolute atomic E-state index is 0.290. The van der Waals surface area contributed by atoms with Gasteiger partial charge in [0.1, 0.15) is 0 Å². The average Bonchev–Trinajstić information content (AvgIpc) is 1.83. The summed E-state index contributed by atoms with van der Waals surface area (Å²) in [5, 5.41) is 11.5. The van der Waals surface area contributed by atoms with E-state index in [0.717, 1.165) is 13.0 Å². The summed E-state index contributed by atoms with van der Waals surface area (Å²) < 4.78 is 0. The van der Waals surface area contributed by atoms with Crippen molar-refractivity contribution in [2.75, 3.05) is 13.2 Å². The first-order chi connectivity index (χ1) is 3.85. The van der Waals surface area contributed by atoms with Gasteiger partial charge < -0.3 is 10.2 Å². The Morgan fingerprint density at radius 1 is 1.75 bits per heavy atom. The van der Waals surface area contributed by atoms with E-state index in [9.17, 15) is 0 Å². The number of aliphatic hydroxyl groups excluding tert-OH is 1. The lowest BCUT2D eigenvalue weighted by Crippen LogP contribution is -2.16. The number of hydrogen-bond donors (Lipinski definition) is 2. The van der Waals surface area contributed by atoms with Crippen LogP contribution in [0.2, 0.25) is 0 Å². The molecular weight excluding hydrogens is 121 g/mol. The van der Waals surface area contributed by atoms with Crippen molar-refractivity contribution in [1.82, 2.24) is 5.09 Å². The minimum atomic E-state index is 0.290. The molecule has 0 aliphatic heterocycles. The van der Waals surface area contributed by atoms with E-state index >= 15 is 0 Å². The van der Waals surface area contributed by atoms with Crippen molar-refractivity contribution in [3.8, 4) is 0 Å². The van der Waals surface area contributed by atoms with Crippen LogP contribution in [0.5, 0.6) is 0 Å². The number of nitrogens with one attached hydrogen (secondary N) is 1. The highest BCUT2D eigenvalue weighted by atomic mass is 31.0. The van der Waals surface area contributed by atoms with E-state index in [1.54, 1.807) is 0 Å². The molecule has 0 bridgehead atoms. The molecule has 0 radical (unpaired) electrons. The summed E-state index contributed by atoms with van der Waals surface area (Å²) >= 11 is 0. The zero-order valence-electron chi connectivity index (χ0n) is 5.22. The molecule has 0 saturated carbocycles. The summed E-state index contributed by atoms with van der Waals surface area (Å²) in [5.74, 6) is 0.424. The molecule has 50 valence electrons. The summed E-state index contributed by atoms with van der Waals surface area (Å²) in [6.45, 7) is 3.25. The molecule has 8 heavy (non-hydrogen) atoms. The van der Waals surface area contributed by atoms with Crippen molar-refractivity contribution in [2.24, 2.45) is 5.92 Å². The number of hydrogen-bond acceptors (Lipinski definition) is 2. The van der Waals surface area contributed by atoms with Gasteiger partial charge in [-0.1, -0.05) is 16.3 Å². The van der Waals surface area contributed by atoms with Crippen LogP contribution >= 0.6 is 9.39 Å². The van der Waals surface area contributed by atoms with Gasteiger partial charge in [-0.2, -0.15) is 0 Å². The highest BCUT2D eigenvalue weighted by Crippen LogP contribution is 1.98. The first-order valence-electron chi connectivity index (χ1n) is 2.89. The van der Waals surface area contributed by atoms with Gasteiger partial charge in [0, 0.05) is 13.2 Å². The van der Waals surface area contributed by atoms with Crippen LogP contribution in [0, 0.1) is 5.92 Å². The highest BCUT2D eigenvalue weighted by Gasteiger charge is 1.99. The molecule has 2 atom stereocenters. The maximum absolute atomic E-state index is 8.61. The average molecular weight is 135 g/mol. The van der Waals surface area contributed by atoms with Gasteiger partial charge in [-0.25, -0.2) is 0 Å². The molecule has 0 aromatic heterocycles. The summed E-state index contributed by atoms with van der Waals surface area (Å²) in [7, 11) is 2.42. The molecule has 0 rings (SSSR count). The molecule has 0 aliphatic carbocycles. The quantitative estimate of drug-likeness (QED) is 0.546. The van der Waals surface area contributed by atoms with Crippen molar-refractivity contribution < 1.29 is 5.11 Å². The largest absolute Gasteiger partial charge is 0.396 e. The maximum atomic E-state index is 8.61. The van der Waals surface area contributed by atoms with Gasteiger partial charge in [0.25, 0.3) is 0 Å². The SMILES string of the molecule is CC[C@@H](CO)CNP. The molecule has 2 N–H and O–H groups in total. The second-order valence-electron chi connectivity index (χ2n) is 1.87. The van der Waals surface area contributed by atoms with Crippen molar-refractivity contribution in [1.29, 1.82) is 0 Å². The van der Waals surface area contributed by atoms with Crippen LogP contribution in [0.4, 0.5) is 0 Å². The lowest BCUT2D eigenvalue weighted by atomic mass is 10.1. The molecule has 0 saturated heterocycles. The first kappa shape index (κ1) is 8.35. The predicted molar refractivity (Wildman–Crippen MR) is 38.6 cm³/mol. The zero-order chi connectivity index (χ0) is 6.41. The standard InChI is InChI=1S/C5H14NOP/c1-2-5(4-7)3-6-8/h5-7H,2-4,8H2,1H3/t5-/m1/s1. The third kappa shape index (κ3) is 3.36. The maximum Gasteiger partial charge on any atom is 0.0471 e. The fourth-order valence-electron chi connectivity index (χ4n) is 0.505. The molecule has 0 amide bonds. The zero-order valence-corrected chi connectivity index (χ0v) is 6.38. The van der Waals surface area contributed by atoms with Crippen molar-refractivity contribution >= 4 is 9.39 Å². The Hall–Kier alpha value is 0.350. The van der Waals surface area contributed by atoms with E-state index in [-0.39, 0.29) is 6.61 Å². The van der Waals surface area contributed by atoms with E-state index in [0.29, 0.717) is 5.92 Å². The van der Waals surface area contributed by atoms with Gasteiger partial charge in [0.05, 0.1) is 0 Å². The number of rotatable bonds is 4. The molecular formula is C5H14NOP. The van der Waals surface area contributed by atoms with Crippen LogP contribution in [0.3, 0.4) is 0 Å². The Labute approximate surface area is 52.9 Å². The summed E-state index contributed by atoms with van der Waals surface area (Å²) in [4.78, 5) is 0. The predicted octanol–water partition coefficient (Wildman–Crippen LogP) is 0.385. The molecule has 0 aromatic carbocycles. The third-order valence-corrected chi connectivity index (χ3v) is 1.48. The molecule has 0 fully saturated rings. The molecule has 1 unspecified atom stereocenters. The summed E-state index contributed by atoms with van der Waals surface area (Å²) in [5.41, 5.74) is 0. The summed E-state index contributed by atoms with van der Waals surface area (Å²) in [6, 6.07) is 0. The topological polar surface area (TPSA) is 32.3 Å². The van der Waals surface area contributed by atoms with Crippen molar-refractivity contribution in [3.63, 3.8) is 0 Å². The van der Waals surface area contributed by atoms with Crippen LogP contribution in [0.25, 0.3) is 0 Å². The Morgan fingerprint density at radius 3 is 2.50 bits per heavy atom. The van der Waals surface area contributed by atoms with Crippen molar-refractivity contribution in [3.05, 3.63) is 0 Å². The second kappa shape index (κ2) is 5.49. The summed E-state index contributed by atoms with van der Waals surface area (Å²) in [6.07, 6.45) is 1.04. The fraction of sp³-hybridized carbons (Fsp3) is 1.00. The Balaban J connectivity index is 3.07. The van der Waals surface area contributed by atoms with E-state index < -0.39 is 0 Å². The molecule has 0 heterocycles. The van der Waals surface area contributed by atoms with Gasteiger partial charge in [-0.15, -0.1) is 0 Å². The molecule has 0 aromatic rings. The van der Waals surface area contributed by atoms with Crippen molar-refractivity contribution in [2.45, 2.75) is 13.3 Å². The molecule has 0 spiro atoms. The fourth-order valence-corrected chi connectivity index (χ4v) is 0.838. The Morgan fingerprint density at radius 2 is 2.38 bits per heavy atom. The number of aliphatic hydroxyl groups is 1. The normalized spacial score (nSPS) is 13.9. The van der Waals surface area contributed by atoms with Gasteiger partial charge in [0.2, 0.25) is 0 Å². The molecule has 0 aliphatic rings. The van der Waals surface area contributed by atoms with E-state index in [4.69, 9.17) is 5.11 Å². The molecule has 3 heteroatoms. The minimum Gasteiger partial charge on any atom is -0.396 e. The lowest BCUT2D eigenvalue weighted by Gasteiger charge is -2.08. The van der Waals surface area contributed by atoms with Gasteiger partial charge in [0.15, 0.2) is 0 Å². The highest BCUT2D eigenvalue weighted by molar-refractivity contribution is 7.13. The third-order valence-electron chi connectivity index (χ3n) is 1.24. The van der Waals surface area contributed by atoms with E-state index in [1.165, 1.54) is 0 Å². The van der Waals surface area contributed by atoms with E-state index in [1.807, 2.05) is 0 Å². The van der Waals surface area contributed by atoms with Crippen LogP contribution in [-0.2, 0) is 0 Å². The van der Waals surface area contributed by atoms with Crippen LogP contribution < -0.4 is 5.09 Å². The van der Waals surface area contributed by atoms with Gasteiger partial charge in [-0.3, -0.25) is 0 Å². The lowest BCUT2D eigenvalue weighted by molar-refractivity contribution is 0.224. The second-order valence-corrected chi connectivity index (χ2v) is 2.27. The van der Waals surface area contributed by atoms with Crippen LogP contribution in [0.1, 0.15) is 13.3 Å². The van der Waals surface area contributed by atoms with Crippen LogP contribution in [-0.4, -0.2) is 18.3 Å². The Bertz CT molecular complexity index is 47.7. The Kier molecular flexibility index (Phi) is 5.73. The van der Waals surface area contributed by atoms with Gasteiger partial charge >= 0.3 is 0 Å². The van der Waals surface area contributed by atoms with E-state index in [2.05, 4.69) is 21.4 Å². The monoisotopic (exact) mass is 135 g/mol. The van der Waals surface area contributed by atoms with Crippen LogP contribution in [0.15, 0.2) is 0 Å². The molecule has 2 nitrogen and oxygen atoms in total. The first-order valence-corrected chi connectivity index (χ1v) is 3.47. The van der Waals surface area contributed by atoms with Gasteiger partial charge in [-0.05, 0) is 12.3 Å². The smallest absolute Gasteiger partial charge is 0.0471 e.